The van der Waals surface area contributed by atoms with Crippen LogP contribution < -0.4 is 5.32 Å². The lowest BCUT2D eigenvalue weighted by molar-refractivity contribution is -0.112. The maximum atomic E-state index is 12.2. The Kier molecular flexibility index (Phi) is 5.75. The average Bonchev–Trinajstić information content (AvgIpc) is 2.89. The Labute approximate surface area is 150 Å². The fourth-order valence-electron chi connectivity index (χ4n) is 2.33. The highest BCUT2D eigenvalue weighted by molar-refractivity contribution is 7.91. The Hall–Kier alpha value is -1.75. The summed E-state index contributed by atoms with van der Waals surface area (Å²) in [7, 11) is -1.41. The molecule has 0 aromatic heterocycles. The van der Waals surface area contributed by atoms with E-state index in [1.807, 2.05) is 6.07 Å². The summed E-state index contributed by atoms with van der Waals surface area (Å²) < 4.78 is 23.1. The molecule has 0 radical (unpaired) electrons. The summed E-state index contributed by atoms with van der Waals surface area (Å²) in [6, 6.07) is 6.33. The number of carbonyl (C=O) groups excluding carboxylic acids is 1. The van der Waals surface area contributed by atoms with Crippen molar-refractivity contribution in [2.45, 2.75) is 12.5 Å². The van der Waals surface area contributed by atoms with E-state index in [1.54, 1.807) is 30.1 Å². The van der Waals surface area contributed by atoms with Crippen LogP contribution in [0.2, 0.25) is 10.0 Å². The second kappa shape index (κ2) is 7.43. The Morgan fingerprint density at radius 1 is 1.46 bits per heavy atom. The highest BCUT2D eigenvalue weighted by Gasteiger charge is 2.30. The first kappa shape index (κ1) is 18.6. The fraction of sp³-hybridized carbons (Fsp3) is 0.333. The van der Waals surface area contributed by atoms with Gasteiger partial charge in [-0.3, -0.25) is 4.79 Å². The topological polar surface area (TPSA) is 90.3 Å². The molecule has 1 aliphatic rings. The predicted octanol–water partition coefficient (Wildman–Crippen LogP) is 2.46. The molecule has 9 heteroatoms. The van der Waals surface area contributed by atoms with Crippen LogP contribution in [0, 0.1) is 11.3 Å². The predicted molar refractivity (Wildman–Crippen MR) is 93.6 cm³/mol. The Bertz CT molecular complexity index is 831. The number of sulfone groups is 1. The molecule has 1 aliphatic heterocycles. The lowest BCUT2D eigenvalue weighted by atomic mass is 10.2. The van der Waals surface area contributed by atoms with E-state index in [0.29, 0.717) is 12.1 Å². The molecule has 1 atom stereocenters. The summed E-state index contributed by atoms with van der Waals surface area (Å²) in [5.41, 5.74) is 0.138. The maximum Gasteiger partial charge on any atom is 0.267 e. The highest BCUT2D eigenvalue weighted by Crippen LogP contribution is 2.29. The van der Waals surface area contributed by atoms with Gasteiger partial charge in [0.2, 0.25) is 0 Å². The number of nitrogens with one attached hydrogen (secondary N) is 1. The van der Waals surface area contributed by atoms with Crippen LogP contribution >= 0.6 is 23.2 Å². The zero-order valence-corrected chi connectivity index (χ0v) is 15.1. The maximum absolute atomic E-state index is 12.2. The molecule has 1 N–H and O–H groups in total. The minimum atomic E-state index is -3.05. The van der Waals surface area contributed by atoms with Gasteiger partial charge in [-0.25, -0.2) is 8.42 Å². The molecule has 128 valence electrons. The second-order valence-corrected chi connectivity index (χ2v) is 8.45. The number of halogens is 2. The molecule has 1 saturated heterocycles. The number of nitriles is 1. The van der Waals surface area contributed by atoms with Gasteiger partial charge in [0, 0.05) is 19.3 Å². The van der Waals surface area contributed by atoms with Gasteiger partial charge in [0.25, 0.3) is 5.91 Å². The normalized spacial score (nSPS) is 19.6. The summed E-state index contributed by atoms with van der Waals surface area (Å²) in [4.78, 5) is 13.8. The van der Waals surface area contributed by atoms with Crippen molar-refractivity contribution < 1.29 is 13.2 Å². The molecule has 0 bridgehead atoms. The molecule has 1 heterocycles. The molecule has 6 nitrogen and oxygen atoms in total. The van der Waals surface area contributed by atoms with E-state index in [2.05, 4.69) is 5.32 Å². The lowest BCUT2D eigenvalue weighted by Crippen LogP contribution is -2.29. The SMILES string of the molecule is CN(/C=C(/C#N)C(=O)Nc1cccc(Cl)c1Cl)C1CCS(=O)(=O)C1. The molecule has 0 spiro atoms. The molecule has 1 aromatic rings. The van der Waals surface area contributed by atoms with E-state index in [4.69, 9.17) is 23.2 Å². The lowest BCUT2D eigenvalue weighted by Gasteiger charge is -2.21. The third kappa shape index (κ3) is 4.41. The van der Waals surface area contributed by atoms with Crippen LogP contribution in [0.25, 0.3) is 0 Å². The van der Waals surface area contributed by atoms with E-state index < -0.39 is 15.7 Å². The Balaban J connectivity index is 2.14. The molecule has 1 aromatic carbocycles. The first-order valence-corrected chi connectivity index (χ1v) is 9.61. The molecule has 24 heavy (non-hydrogen) atoms. The van der Waals surface area contributed by atoms with Crippen LogP contribution in [0.1, 0.15) is 6.42 Å². The van der Waals surface area contributed by atoms with Crippen molar-refractivity contribution in [1.82, 2.24) is 4.90 Å². The Morgan fingerprint density at radius 3 is 2.75 bits per heavy atom. The van der Waals surface area contributed by atoms with Crippen LogP contribution in [0.3, 0.4) is 0 Å². The first-order valence-electron chi connectivity index (χ1n) is 7.03. The fourth-order valence-corrected chi connectivity index (χ4v) is 4.47. The van der Waals surface area contributed by atoms with Crippen LogP contribution in [0.4, 0.5) is 5.69 Å². The van der Waals surface area contributed by atoms with Crippen LogP contribution in [-0.2, 0) is 14.6 Å². The monoisotopic (exact) mass is 387 g/mol. The van der Waals surface area contributed by atoms with Crippen molar-refractivity contribution in [1.29, 1.82) is 5.26 Å². The standard InChI is InChI=1S/C15H15Cl2N3O3S/c1-20(11-5-6-24(22,23)9-11)8-10(7-18)15(21)19-13-4-2-3-12(16)14(13)17/h2-4,8,11H,5-6,9H2,1H3,(H,19,21)/b10-8-. The minimum Gasteiger partial charge on any atom is -0.375 e. The highest BCUT2D eigenvalue weighted by atomic mass is 35.5. The van der Waals surface area contributed by atoms with Gasteiger partial charge >= 0.3 is 0 Å². The van der Waals surface area contributed by atoms with Crippen molar-refractivity contribution in [2.24, 2.45) is 0 Å². The molecule has 2 rings (SSSR count). The summed E-state index contributed by atoms with van der Waals surface area (Å²) in [6.07, 6.45) is 1.81. The Morgan fingerprint density at radius 2 is 2.17 bits per heavy atom. The van der Waals surface area contributed by atoms with Gasteiger partial charge in [0.05, 0.1) is 27.2 Å². The summed E-state index contributed by atoms with van der Waals surface area (Å²) >= 11 is 11.9. The van der Waals surface area contributed by atoms with Gasteiger partial charge < -0.3 is 10.2 Å². The van der Waals surface area contributed by atoms with Gasteiger partial charge in [0.1, 0.15) is 11.6 Å². The quantitative estimate of drug-likeness (QED) is 0.632. The summed E-state index contributed by atoms with van der Waals surface area (Å²) in [5, 5.41) is 12.2. The van der Waals surface area contributed by atoms with Crippen molar-refractivity contribution in [3.8, 4) is 6.07 Å². The number of amides is 1. The molecule has 1 unspecified atom stereocenters. The minimum absolute atomic E-state index is 0.0143. The van der Waals surface area contributed by atoms with Crippen molar-refractivity contribution in [3.05, 3.63) is 40.0 Å². The average molecular weight is 388 g/mol. The molecular formula is C15H15Cl2N3O3S. The van der Waals surface area contributed by atoms with E-state index >= 15 is 0 Å². The van der Waals surface area contributed by atoms with Gasteiger partial charge in [0.15, 0.2) is 9.84 Å². The second-order valence-electron chi connectivity index (χ2n) is 5.43. The number of rotatable bonds is 4. The van der Waals surface area contributed by atoms with E-state index in [9.17, 15) is 18.5 Å². The van der Waals surface area contributed by atoms with E-state index in [1.165, 1.54) is 6.20 Å². The zero-order chi connectivity index (χ0) is 17.9. The van der Waals surface area contributed by atoms with Gasteiger partial charge in [-0.15, -0.1) is 0 Å². The third-order valence-electron chi connectivity index (χ3n) is 3.68. The smallest absolute Gasteiger partial charge is 0.267 e. The van der Waals surface area contributed by atoms with Crippen molar-refractivity contribution >= 4 is 44.6 Å². The molecule has 0 aliphatic carbocycles. The van der Waals surface area contributed by atoms with Gasteiger partial charge in [-0.05, 0) is 18.6 Å². The zero-order valence-electron chi connectivity index (χ0n) is 12.8. The molecule has 1 amide bonds. The molecule has 0 saturated carbocycles. The number of hydrogen-bond donors (Lipinski definition) is 1. The van der Waals surface area contributed by atoms with Gasteiger partial charge in [-0.1, -0.05) is 29.3 Å². The number of anilines is 1. The van der Waals surface area contributed by atoms with E-state index in [-0.39, 0.29) is 33.2 Å². The van der Waals surface area contributed by atoms with Gasteiger partial charge in [-0.2, -0.15) is 5.26 Å². The van der Waals surface area contributed by atoms with Crippen molar-refractivity contribution in [3.63, 3.8) is 0 Å². The molecule has 1 fully saturated rings. The number of hydrogen-bond acceptors (Lipinski definition) is 5. The first-order chi connectivity index (χ1) is 11.2. The number of carbonyl (C=O) groups is 1. The number of nitrogens with zero attached hydrogens (tertiary/aromatic N) is 2. The van der Waals surface area contributed by atoms with Crippen molar-refractivity contribution in [2.75, 3.05) is 23.9 Å². The third-order valence-corrected chi connectivity index (χ3v) is 6.25. The summed E-state index contributed by atoms with van der Waals surface area (Å²) in [5.74, 6) is -0.517. The van der Waals surface area contributed by atoms with Crippen LogP contribution in [0.5, 0.6) is 0 Å². The van der Waals surface area contributed by atoms with Crippen LogP contribution in [0.15, 0.2) is 30.0 Å². The van der Waals surface area contributed by atoms with E-state index in [0.717, 1.165) is 0 Å². The number of benzene rings is 1. The molecular weight excluding hydrogens is 373 g/mol. The largest absolute Gasteiger partial charge is 0.375 e. The van der Waals surface area contributed by atoms with Crippen LogP contribution in [-0.4, -0.2) is 43.8 Å². The summed E-state index contributed by atoms with van der Waals surface area (Å²) in [6.45, 7) is 0.